The van der Waals surface area contributed by atoms with Gasteiger partial charge in [0.1, 0.15) is 0 Å². The van der Waals surface area contributed by atoms with Gasteiger partial charge in [-0.2, -0.15) is 0 Å². The first kappa shape index (κ1) is 58.7. The third kappa shape index (κ3) is 49.3. The van der Waals surface area contributed by atoms with E-state index in [0.29, 0.717) is 6.61 Å². The second-order valence-electron chi connectivity index (χ2n) is 19.0. The maximum atomic E-state index is 13.3. The summed E-state index contributed by atoms with van der Waals surface area (Å²) >= 11 is 0. The summed E-state index contributed by atoms with van der Waals surface area (Å²) in [7, 11) is 0. The van der Waals surface area contributed by atoms with Crippen molar-refractivity contribution < 1.29 is 9.53 Å². The van der Waals surface area contributed by atoms with Gasteiger partial charge in [-0.15, -0.1) is 0 Å². The monoisotopic (exact) mass is 839 g/mol. The first-order valence-electron chi connectivity index (χ1n) is 27.9. The van der Waals surface area contributed by atoms with Gasteiger partial charge in [0.05, 0.1) is 12.5 Å². The van der Waals surface area contributed by atoms with Gasteiger partial charge in [0, 0.05) is 0 Å². The molecular weight excluding hydrogens is 729 g/mol. The van der Waals surface area contributed by atoms with E-state index >= 15 is 0 Å². The lowest BCUT2D eigenvalue weighted by Gasteiger charge is -2.16. The maximum absolute atomic E-state index is 13.3. The summed E-state index contributed by atoms with van der Waals surface area (Å²) in [6.07, 6.45) is 75.1. The van der Waals surface area contributed by atoms with Crippen molar-refractivity contribution in [2.45, 2.75) is 316 Å². The molecule has 0 bridgehead atoms. The van der Waals surface area contributed by atoms with E-state index in [-0.39, 0.29) is 11.9 Å². The standard InChI is InChI=1S/C58H110O2/c1-4-7-10-13-16-19-22-25-28-30-31-32-33-34-37-40-43-46-49-52-55-57(54-51-48-45-42-39-36-27-24-21-18-15-12-9-6-3)58(59)60-56-53-50-47-44-41-38-35-29-26-23-20-17-14-11-8-5-2/h25-29,36,57H,4-24,30-35,37-56H2,1-3H3/b28-25-,29-26-,36-27-. The number of carbonyl (C=O) groups is 1. The number of allylic oxidation sites excluding steroid dienone is 6. The highest BCUT2D eigenvalue weighted by Crippen LogP contribution is 2.22. The molecule has 0 aromatic rings. The van der Waals surface area contributed by atoms with E-state index in [0.717, 1.165) is 19.3 Å². The van der Waals surface area contributed by atoms with Gasteiger partial charge in [0.15, 0.2) is 0 Å². The number of esters is 1. The number of hydrogen-bond acceptors (Lipinski definition) is 2. The average Bonchev–Trinajstić information content (AvgIpc) is 3.26. The molecule has 1 atom stereocenters. The smallest absolute Gasteiger partial charge is 0.308 e. The first-order chi connectivity index (χ1) is 29.8. The van der Waals surface area contributed by atoms with Crippen LogP contribution in [-0.2, 0) is 9.53 Å². The Morgan fingerprint density at radius 1 is 0.300 bits per heavy atom. The fraction of sp³-hybridized carbons (Fsp3) is 0.879. The zero-order valence-corrected chi connectivity index (χ0v) is 41.6. The molecule has 0 fully saturated rings. The molecule has 0 saturated heterocycles. The largest absolute Gasteiger partial charge is 0.465 e. The van der Waals surface area contributed by atoms with E-state index in [1.165, 1.54) is 276 Å². The molecule has 0 aromatic heterocycles. The maximum Gasteiger partial charge on any atom is 0.308 e. The van der Waals surface area contributed by atoms with Gasteiger partial charge in [-0.3, -0.25) is 4.79 Å². The van der Waals surface area contributed by atoms with Crippen LogP contribution in [-0.4, -0.2) is 12.6 Å². The Bertz CT molecular complexity index is 885. The number of carbonyl (C=O) groups excluding carboxylic acids is 1. The zero-order valence-electron chi connectivity index (χ0n) is 41.6. The van der Waals surface area contributed by atoms with E-state index in [4.69, 9.17) is 4.74 Å². The molecule has 2 heteroatoms. The van der Waals surface area contributed by atoms with Crippen molar-refractivity contribution in [3.05, 3.63) is 36.5 Å². The molecule has 0 aliphatic heterocycles. The van der Waals surface area contributed by atoms with Crippen LogP contribution in [0, 0.1) is 5.92 Å². The molecule has 0 saturated carbocycles. The molecule has 0 amide bonds. The van der Waals surface area contributed by atoms with E-state index < -0.39 is 0 Å². The van der Waals surface area contributed by atoms with Gasteiger partial charge in [-0.1, -0.05) is 256 Å². The van der Waals surface area contributed by atoms with E-state index in [1.54, 1.807) is 0 Å². The third-order valence-corrected chi connectivity index (χ3v) is 12.9. The Hall–Kier alpha value is -1.31. The molecule has 0 rings (SSSR count). The van der Waals surface area contributed by atoms with Gasteiger partial charge in [0.2, 0.25) is 0 Å². The highest BCUT2D eigenvalue weighted by Gasteiger charge is 2.19. The van der Waals surface area contributed by atoms with Crippen LogP contribution in [0.1, 0.15) is 316 Å². The van der Waals surface area contributed by atoms with E-state index in [9.17, 15) is 4.79 Å². The molecule has 0 aromatic carbocycles. The molecule has 354 valence electrons. The van der Waals surface area contributed by atoms with Crippen molar-refractivity contribution in [2.24, 2.45) is 5.92 Å². The summed E-state index contributed by atoms with van der Waals surface area (Å²) in [5, 5.41) is 0. The topological polar surface area (TPSA) is 26.3 Å². The van der Waals surface area contributed by atoms with Gasteiger partial charge in [0.25, 0.3) is 0 Å². The number of ether oxygens (including phenoxy) is 1. The van der Waals surface area contributed by atoms with Crippen molar-refractivity contribution in [3.63, 3.8) is 0 Å². The number of unbranched alkanes of at least 4 members (excludes halogenated alkanes) is 38. The highest BCUT2D eigenvalue weighted by atomic mass is 16.5. The highest BCUT2D eigenvalue weighted by molar-refractivity contribution is 5.72. The fourth-order valence-corrected chi connectivity index (χ4v) is 8.65. The minimum absolute atomic E-state index is 0.105. The van der Waals surface area contributed by atoms with Crippen molar-refractivity contribution >= 4 is 5.97 Å². The lowest BCUT2D eigenvalue weighted by molar-refractivity contribution is -0.149. The third-order valence-electron chi connectivity index (χ3n) is 12.9. The molecular formula is C58H110O2. The second kappa shape index (κ2) is 53.8. The van der Waals surface area contributed by atoms with E-state index in [2.05, 4.69) is 57.2 Å². The van der Waals surface area contributed by atoms with Crippen LogP contribution in [0.5, 0.6) is 0 Å². The van der Waals surface area contributed by atoms with Crippen molar-refractivity contribution in [2.75, 3.05) is 6.61 Å². The van der Waals surface area contributed by atoms with Crippen LogP contribution >= 0.6 is 0 Å². The van der Waals surface area contributed by atoms with Crippen LogP contribution in [0.25, 0.3) is 0 Å². The summed E-state index contributed by atoms with van der Waals surface area (Å²) in [5.74, 6) is 0.218. The van der Waals surface area contributed by atoms with Gasteiger partial charge in [-0.25, -0.2) is 0 Å². The van der Waals surface area contributed by atoms with Crippen LogP contribution in [0.3, 0.4) is 0 Å². The lowest BCUT2D eigenvalue weighted by atomic mass is 9.94. The lowest BCUT2D eigenvalue weighted by Crippen LogP contribution is -2.18. The number of rotatable bonds is 51. The molecule has 2 nitrogen and oxygen atoms in total. The van der Waals surface area contributed by atoms with Crippen molar-refractivity contribution in [3.8, 4) is 0 Å². The summed E-state index contributed by atoms with van der Waals surface area (Å²) < 4.78 is 5.93. The minimum atomic E-state index is 0.105. The Morgan fingerprint density at radius 2 is 0.517 bits per heavy atom. The SMILES string of the molecule is CCCCCCCC/C=C\CCCCCCCCCCCCC(CCCCCC/C=C\CCCCCCCC)C(=O)OCCCCCCCC/C=C\CCCCCCCC. The Balaban J connectivity index is 4.14. The van der Waals surface area contributed by atoms with Gasteiger partial charge >= 0.3 is 5.97 Å². The quantitative estimate of drug-likeness (QED) is 0.0347. The van der Waals surface area contributed by atoms with Crippen molar-refractivity contribution in [1.29, 1.82) is 0 Å². The van der Waals surface area contributed by atoms with Crippen LogP contribution in [0.4, 0.5) is 0 Å². The second-order valence-corrected chi connectivity index (χ2v) is 19.0. The zero-order chi connectivity index (χ0) is 43.3. The molecule has 0 radical (unpaired) electrons. The minimum Gasteiger partial charge on any atom is -0.465 e. The summed E-state index contributed by atoms with van der Waals surface area (Å²) in [6, 6.07) is 0. The molecule has 0 heterocycles. The first-order valence-corrected chi connectivity index (χ1v) is 27.9. The molecule has 0 aliphatic carbocycles. The van der Waals surface area contributed by atoms with Gasteiger partial charge in [-0.05, 0) is 96.3 Å². The predicted octanol–water partition coefficient (Wildman–Crippen LogP) is 20.8. The normalized spacial score (nSPS) is 12.5. The Morgan fingerprint density at radius 3 is 0.783 bits per heavy atom. The van der Waals surface area contributed by atoms with Crippen molar-refractivity contribution in [1.82, 2.24) is 0 Å². The summed E-state index contributed by atoms with van der Waals surface area (Å²) in [4.78, 5) is 13.3. The van der Waals surface area contributed by atoms with Crippen LogP contribution in [0.15, 0.2) is 36.5 Å². The number of hydrogen-bond donors (Lipinski definition) is 0. The average molecular weight is 840 g/mol. The molecule has 60 heavy (non-hydrogen) atoms. The Kier molecular flexibility index (Phi) is 52.6. The molecule has 1 unspecified atom stereocenters. The summed E-state index contributed by atoms with van der Waals surface area (Å²) in [5.41, 5.74) is 0. The molecule has 0 spiro atoms. The van der Waals surface area contributed by atoms with Gasteiger partial charge < -0.3 is 4.74 Å². The predicted molar refractivity (Wildman–Crippen MR) is 271 cm³/mol. The molecule has 0 N–H and O–H groups in total. The van der Waals surface area contributed by atoms with Crippen LogP contribution in [0.2, 0.25) is 0 Å². The fourth-order valence-electron chi connectivity index (χ4n) is 8.65. The van der Waals surface area contributed by atoms with Crippen LogP contribution < -0.4 is 0 Å². The summed E-state index contributed by atoms with van der Waals surface area (Å²) in [6.45, 7) is 7.50. The molecule has 0 aliphatic rings. The van der Waals surface area contributed by atoms with E-state index in [1.807, 2.05) is 0 Å². The Labute approximate surface area is 379 Å².